The molecule has 2 aliphatic heterocycles. The van der Waals surface area contributed by atoms with Crippen LogP contribution in [0.5, 0.6) is 5.75 Å². The second-order valence-electron chi connectivity index (χ2n) is 8.11. The lowest BCUT2D eigenvalue weighted by atomic mass is 10.0. The minimum atomic E-state index is -0.291. The smallest absolute Gasteiger partial charge is 0.265 e. The van der Waals surface area contributed by atoms with Crippen LogP contribution in [-0.4, -0.2) is 54.8 Å². The Morgan fingerprint density at radius 3 is 2.55 bits per heavy atom. The normalized spacial score (nSPS) is 17.1. The van der Waals surface area contributed by atoms with Crippen LogP contribution in [-0.2, 0) is 16.1 Å². The number of hydrogen-bond donors (Lipinski definition) is 1. The van der Waals surface area contributed by atoms with Gasteiger partial charge >= 0.3 is 0 Å². The van der Waals surface area contributed by atoms with Gasteiger partial charge in [0.15, 0.2) is 12.4 Å². The molecule has 7 nitrogen and oxygen atoms in total. The molecule has 0 saturated carbocycles. The van der Waals surface area contributed by atoms with Crippen LogP contribution in [0.15, 0.2) is 48.5 Å². The number of carbonyl (C=O) groups is 3. The quantitative estimate of drug-likeness (QED) is 0.725. The number of anilines is 1. The summed E-state index contributed by atoms with van der Waals surface area (Å²) in [6, 6.07) is 15.4. The number of carbonyl (C=O) groups excluding carboxylic acids is 3. The highest BCUT2D eigenvalue weighted by Gasteiger charge is 2.29. The molecular weight excluding hydrogens is 394 g/mol. The summed E-state index contributed by atoms with van der Waals surface area (Å²) in [7, 11) is 0. The van der Waals surface area contributed by atoms with Crippen LogP contribution in [0, 0.1) is 0 Å². The lowest BCUT2D eigenvalue weighted by molar-refractivity contribution is -0.125. The zero-order chi connectivity index (χ0) is 21.8. The minimum absolute atomic E-state index is 0.0826. The molecule has 0 aliphatic carbocycles. The topological polar surface area (TPSA) is 79.0 Å². The van der Waals surface area contributed by atoms with Gasteiger partial charge in [-0.15, -0.1) is 0 Å². The van der Waals surface area contributed by atoms with E-state index in [1.807, 2.05) is 18.2 Å². The van der Waals surface area contributed by atoms with Crippen molar-refractivity contribution in [3.8, 4) is 5.75 Å². The van der Waals surface area contributed by atoms with Crippen molar-refractivity contribution in [3.63, 3.8) is 0 Å². The SMILES string of the molecule is CC(=O)c1ccc2c(c1)N(CC(=O)NC1CCN(Cc3ccccc3)CC1)C(=O)CO2. The Hall–Kier alpha value is -3.19. The summed E-state index contributed by atoms with van der Waals surface area (Å²) in [6.45, 7) is 4.02. The van der Waals surface area contributed by atoms with Gasteiger partial charge in [0.25, 0.3) is 5.91 Å². The van der Waals surface area contributed by atoms with Gasteiger partial charge in [-0.05, 0) is 43.5 Å². The van der Waals surface area contributed by atoms with E-state index < -0.39 is 0 Å². The van der Waals surface area contributed by atoms with Crippen molar-refractivity contribution < 1.29 is 19.1 Å². The number of amides is 2. The average molecular weight is 421 g/mol. The van der Waals surface area contributed by atoms with Gasteiger partial charge in [0, 0.05) is 31.2 Å². The monoisotopic (exact) mass is 421 g/mol. The van der Waals surface area contributed by atoms with E-state index in [0.29, 0.717) is 17.0 Å². The van der Waals surface area contributed by atoms with E-state index in [1.165, 1.54) is 17.4 Å². The summed E-state index contributed by atoms with van der Waals surface area (Å²) in [5.41, 5.74) is 2.24. The van der Waals surface area contributed by atoms with Crippen LogP contribution in [0.3, 0.4) is 0 Å². The number of fused-ring (bicyclic) bond motifs is 1. The van der Waals surface area contributed by atoms with Crippen LogP contribution in [0.1, 0.15) is 35.7 Å². The van der Waals surface area contributed by atoms with Gasteiger partial charge in [0.2, 0.25) is 5.91 Å². The van der Waals surface area contributed by atoms with E-state index in [0.717, 1.165) is 32.5 Å². The van der Waals surface area contributed by atoms with Gasteiger partial charge in [0.05, 0.1) is 5.69 Å². The van der Waals surface area contributed by atoms with Crippen molar-refractivity contribution in [2.45, 2.75) is 32.4 Å². The van der Waals surface area contributed by atoms with Crippen molar-refractivity contribution in [2.75, 3.05) is 31.1 Å². The van der Waals surface area contributed by atoms with Gasteiger partial charge in [0.1, 0.15) is 12.3 Å². The Morgan fingerprint density at radius 2 is 1.84 bits per heavy atom. The first-order valence-corrected chi connectivity index (χ1v) is 10.6. The highest BCUT2D eigenvalue weighted by Crippen LogP contribution is 2.33. The summed E-state index contributed by atoms with van der Waals surface area (Å²) in [4.78, 5) is 40.6. The number of nitrogens with zero attached hydrogens (tertiary/aromatic N) is 2. The third kappa shape index (κ3) is 5.11. The maximum atomic E-state index is 12.7. The van der Waals surface area contributed by atoms with E-state index in [9.17, 15) is 14.4 Å². The predicted octanol–water partition coefficient (Wildman–Crippen LogP) is 2.40. The van der Waals surface area contributed by atoms with Crippen LogP contribution < -0.4 is 15.0 Å². The lowest BCUT2D eigenvalue weighted by Crippen LogP contribution is -2.49. The van der Waals surface area contributed by atoms with Gasteiger partial charge < -0.3 is 10.1 Å². The van der Waals surface area contributed by atoms with Gasteiger partial charge in [-0.25, -0.2) is 0 Å². The van der Waals surface area contributed by atoms with Crippen LogP contribution >= 0.6 is 0 Å². The van der Waals surface area contributed by atoms with Crippen molar-refractivity contribution >= 4 is 23.3 Å². The minimum Gasteiger partial charge on any atom is -0.482 e. The average Bonchev–Trinajstić information content (AvgIpc) is 2.77. The van der Waals surface area contributed by atoms with Gasteiger partial charge in [-0.3, -0.25) is 24.2 Å². The molecule has 2 aromatic carbocycles. The fourth-order valence-corrected chi connectivity index (χ4v) is 4.09. The molecule has 0 aromatic heterocycles. The lowest BCUT2D eigenvalue weighted by Gasteiger charge is -2.33. The molecule has 0 spiro atoms. The first-order valence-electron chi connectivity index (χ1n) is 10.6. The largest absolute Gasteiger partial charge is 0.482 e. The number of nitrogens with one attached hydrogen (secondary N) is 1. The number of rotatable bonds is 6. The molecule has 1 fully saturated rings. The molecule has 4 rings (SSSR count). The molecular formula is C24H27N3O4. The third-order valence-electron chi connectivity index (χ3n) is 5.81. The summed E-state index contributed by atoms with van der Waals surface area (Å²) < 4.78 is 5.45. The zero-order valence-electron chi connectivity index (χ0n) is 17.7. The molecule has 2 aromatic rings. The molecule has 0 atom stereocenters. The Bertz CT molecular complexity index is 968. The number of likely N-dealkylation sites (tertiary alicyclic amines) is 1. The standard InChI is InChI=1S/C24H27N3O4/c1-17(28)19-7-8-22-21(13-19)27(24(30)16-31-22)15-23(29)25-20-9-11-26(12-10-20)14-18-5-3-2-4-6-18/h2-8,13,20H,9-12,14-16H2,1H3,(H,25,29). The first-order chi connectivity index (χ1) is 15.0. The second kappa shape index (κ2) is 9.31. The number of Topliss-reactive ketones (excluding diaryl/α,β-unsaturated/α-hetero) is 1. The summed E-state index contributed by atoms with van der Waals surface area (Å²) in [6.07, 6.45) is 1.75. The molecule has 31 heavy (non-hydrogen) atoms. The van der Waals surface area contributed by atoms with Crippen LogP contribution in [0.4, 0.5) is 5.69 Å². The summed E-state index contributed by atoms with van der Waals surface area (Å²) in [5, 5.41) is 3.07. The number of benzene rings is 2. The second-order valence-corrected chi connectivity index (χ2v) is 8.11. The molecule has 0 bridgehead atoms. The van der Waals surface area contributed by atoms with Crippen molar-refractivity contribution in [1.29, 1.82) is 0 Å². The fraction of sp³-hybridized carbons (Fsp3) is 0.375. The molecule has 1 saturated heterocycles. The Kier molecular flexibility index (Phi) is 6.32. The molecule has 1 N–H and O–H groups in total. The van der Waals surface area contributed by atoms with E-state index in [1.54, 1.807) is 18.2 Å². The summed E-state index contributed by atoms with van der Waals surface area (Å²) in [5.74, 6) is -0.0870. The van der Waals surface area contributed by atoms with E-state index >= 15 is 0 Å². The third-order valence-corrected chi connectivity index (χ3v) is 5.81. The van der Waals surface area contributed by atoms with Crippen LogP contribution in [0.25, 0.3) is 0 Å². The Balaban J connectivity index is 1.33. The highest BCUT2D eigenvalue weighted by molar-refractivity contribution is 6.04. The molecule has 0 radical (unpaired) electrons. The van der Waals surface area contributed by atoms with E-state index in [4.69, 9.17) is 4.74 Å². The first kappa shape index (κ1) is 21.1. The molecule has 162 valence electrons. The van der Waals surface area contributed by atoms with Crippen LogP contribution in [0.2, 0.25) is 0 Å². The molecule has 2 amide bonds. The fourth-order valence-electron chi connectivity index (χ4n) is 4.09. The van der Waals surface area contributed by atoms with Crippen molar-refractivity contribution in [2.24, 2.45) is 0 Å². The van der Waals surface area contributed by atoms with E-state index in [2.05, 4.69) is 22.3 Å². The molecule has 7 heteroatoms. The van der Waals surface area contributed by atoms with Crippen molar-refractivity contribution in [3.05, 3.63) is 59.7 Å². The number of ether oxygens (including phenoxy) is 1. The van der Waals surface area contributed by atoms with Gasteiger partial charge in [-0.2, -0.15) is 0 Å². The number of piperidine rings is 1. The molecule has 2 aliphatic rings. The number of hydrogen-bond acceptors (Lipinski definition) is 5. The maximum Gasteiger partial charge on any atom is 0.265 e. The predicted molar refractivity (Wildman–Crippen MR) is 117 cm³/mol. The Labute approximate surface area is 182 Å². The van der Waals surface area contributed by atoms with Crippen molar-refractivity contribution in [1.82, 2.24) is 10.2 Å². The molecule has 0 unspecified atom stereocenters. The number of ketones is 1. The Morgan fingerprint density at radius 1 is 1.10 bits per heavy atom. The highest BCUT2D eigenvalue weighted by atomic mass is 16.5. The maximum absolute atomic E-state index is 12.7. The van der Waals surface area contributed by atoms with E-state index in [-0.39, 0.29) is 36.8 Å². The zero-order valence-corrected chi connectivity index (χ0v) is 17.7. The summed E-state index contributed by atoms with van der Waals surface area (Å²) >= 11 is 0. The van der Waals surface area contributed by atoms with Gasteiger partial charge in [-0.1, -0.05) is 30.3 Å². The molecule has 2 heterocycles.